The van der Waals surface area contributed by atoms with Crippen molar-refractivity contribution in [2.45, 2.75) is 19.9 Å². The molecule has 96 valence electrons. The summed E-state index contributed by atoms with van der Waals surface area (Å²) in [5.74, 6) is 0.281. The van der Waals surface area contributed by atoms with Crippen molar-refractivity contribution in [1.29, 1.82) is 0 Å². The maximum atomic E-state index is 9.37. The van der Waals surface area contributed by atoms with Crippen LogP contribution in [0.3, 0.4) is 0 Å². The zero-order chi connectivity index (χ0) is 13.4. The third-order valence-corrected chi connectivity index (χ3v) is 3.34. The predicted octanol–water partition coefficient (Wildman–Crippen LogP) is 3.99. The maximum Gasteiger partial charge on any atom is 0.115 e. The Morgan fingerprint density at radius 2 is 1.79 bits per heavy atom. The second-order valence-corrected chi connectivity index (χ2v) is 4.97. The number of hydrogen-bond donors (Lipinski definition) is 1. The number of hydrogen-bond acceptors (Lipinski definition) is 2. The molecule has 0 radical (unpaired) electrons. The second-order valence-electron chi connectivity index (χ2n) is 4.97. The van der Waals surface area contributed by atoms with Gasteiger partial charge in [-0.15, -0.1) is 0 Å². The van der Waals surface area contributed by atoms with Crippen molar-refractivity contribution in [3.63, 3.8) is 0 Å². The topological polar surface area (TPSA) is 38.0 Å². The van der Waals surface area contributed by atoms with Gasteiger partial charge in [0.1, 0.15) is 5.75 Å². The average molecular weight is 252 g/mol. The summed E-state index contributed by atoms with van der Waals surface area (Å²) in [4.78, 5) is 4.54. The van der Waals surface area contributed by atoms with E-state index in [9.17, 15) is 5.11 Å². The maximum absolute atomic E-state index is 9.37. The molecule has 0 atom stereocenters. The molecule has 2 aromatic carbocycles. The molecule has 1 N–H and O–H groups in total. The third kappa shape index (κ3) is 1.97. The summed E-state index contributed by atoms with van der Waals surface area (Å²) in [5.41, 5.74) is 4.30. The van der Waals surface area contributed by atoms with Crippen LogP contribution in [0.5, 0.6) is 5.75 Å². The summed E-state index contributed by atoms with van der Waals surface area (Å²) in [5, 5.41) is 9.37. The zero-order valence-electron chi connectivity index (χ0n) is 11.0. The highest BCUT2D eigenvalue weighted by Gasteiger charge is 2.10. The van der Waals surface area contributed by atoms with Gasteiger partial charge in [-0.25, -0.2) is 4.98 Å². The molecule has 1 heterocycles. The van der Waals surface area contributed by atoms with Crippen LogP contribution in [0.15, 0.2) is 48.8 Å². The molecule has 3 aromatic rings. The van der Waals surface area contributed by atoms with Crippen molar-refractivity contribution in [3.05, 3.63) is 48.8 Å². The Morgan fingerprint density at radius 1 is 1.05 bits per heavy atom. The van der Waals surface area contributed by atoms with Gasteiger partial charge in [-0.2, -0.15) is 0 Å². The van der Waals surface area contributed by atoms with E-state index in [1.165, 1.54) is 0 Å². The first-order chi connectivity index (χ1) is 9.16. The molecular weight excluding hydrogens is 236 g/mol. The van der Waals surface area contributed by atoms with Gasteiger partial charge in [0, 0.05) is 11.6 Å². The number of phenols is 1. The molecule has 0 amide bonds. The minimum atomic E-state index is 0.281. The van der Waals surface area contributed by atoms with Gasteiger partial charge in [0.15, 0.2) is 0 Å². The average Bonchev–Trinajstić information content (AvgIpc) is 2.83. The van der Waals surface area contributed by atoms with E-state index in [2.05, 4.69) is 35.5 Å². The van der Waals surface area contributed by atoms with Gasteiger partial charge in [0.2, 0.25) is 0 Å². The molecule has 0 aliphatic heterocycles. The van der Waals surface area contributed by atoms with Crippen molar-refractivity contribution in [3.8, 4) is 16.9 Å². The molecule has 0 aliphatic rings. The highest BCUT2D eigenvalue weighted by molar-refractivity contribution is 5.92. The Kier molecular flexibility index (Phi) is 2.75. The van der Waals surface area contributed by atoms with E-state index in [0.29, 0.717) is 6.04 Å². The number of nitrogens with zero attached hydrogens (tertiary/aromatic N) is 2. The van der Waals surface area contributed by atoms with Crippen molar-refractivity contribution in [2.24, 2.45) is 0 Å². The Labute approximate surface area is 112 Å². The second kappa shape index (κ2) is 4.43. The molecule has 0 aliphatic carbocycles. The first kappa shape index (κ1) is 11.8. The first-order valence-electron chi connectivity index (χ1n) is 6.42. The lowest BCUT2D eigenvalue weighted by molar-refractivity contribution is 0.475. The Morgan fingerprint density at radius 3 is 2.47 bits per heavy atom. The van der Waals surface area contributed by atoms with Crippen LogP contribution in [-0.4, -0.2) is 14.7 Å². The van der Waals surface area contributed by atoms with Crippen LogP contribution in [0.1, 0.15) is 19.9 Å². The number of imidazole rings is 1. The predicted molar refractivity (Wildman–Crippen MR) is 77.2 cm³/mol. The first-order valence-corrected chi connectivity index (χ1v) is 6.42. The lowest BCUT2D eigenvalue weighted by Crippen LogP contribution is -1.97. The van der Waals surface area contributed by atoms with E-state index in [1.54, 1.807) is 12.1 Å². The highest BCUT2D eigenvalue weighted by Crippen LogP contribution is 2.29. The Bertz CT molecular complexity index is 711. The lowest BCUT2D eigenvalue weighted by Gasteiger charge is -2.09. The van der Waals surface area contributed by atoms with Crippen LogP contribution < -0.4 is 0 Å². The van der Waals surface area contributed by atoms with Crippen molar-refractivity contribution >= 4 is 11.0 Å². The molecule has 0 bridgehead atoms. The minimum absolute atomic E-state index is 0.281. The number of aromatic hydroxyl groups is 1. The number of aromatic nitrogens is 2. The number of fused-ring (bicyclic) bond motifs is 1. The summed E-state index contributed by atoms with van der Waals surface area (Å²) in [6.45, 7) is 4.29. The van der Waals surface area contributed by atoms with Crippen molar-refractivity contribution in [1.82, 2.24) is 9.55 Å². The normalized spacial score (nSPS) is 11.3. The van der Waals surface area contributed by atoms with Crippen LogP contribution in [0.25, 0.3) is 22.2 Å². The molecule has 3 rings (SSSR count). The summed E-state index contributed by atoms with van der Waals surface area (Å²) >= 11 is 0. The van der Waals surface area contributed by atoms with E-state index in [1.807, 2.05) is 24.5 Å². The molecule has 0 spiro atoms. The fourth-order valence-corrected chi connectivity index (χ4v) is 2.34. The van der Waals surface area contributed by atoms with Gasteiger partial charge in [0.25, 0.3) is 0 Å². The quantitative estimate of drug-likeness (QED) is 0.748. The molecule has 0 unspecified atom stereocenters. The Balaban J connectivity index is 2.22. The smallest absolute Gasteiger partial charge is 0.115 e. The molecule has 3 nitrogen and oxygen atoms in total. The number of rotatable bonds is 2. The summed E-state index contributed by atoms with van der Waals surface area (Å²) < 4.78 is 2.17. The van der Waals surface area contributed by atoms with E-state index in [0.717, 1.165) is 22.2 Å². The number of phenolic OH excluding ortho intramolecular Hbond substituents is 1. The van der Waals surface area contributed by atoms with E-state index in [-0.39, 0.29) is 5.75 Å². The molecule has 3 heteroatoms. The highest BCUT2D eigenvalue weighted by atomic mass is 16.3. The van der Waals surface area contributed by atoms with Gasteiger partial charge >= 0.3 is 0 Å². The van der Waals surface area contributed by atoms with Gasteiger partial charge < -0.3 is 9.67 Å². The molecule has 0 fully saturated rings. The monoisotopic (exact) mass is 252 g/mol. The largest absolute Gasteiger partial charge is 0.508 e. The molecular formula is C16H16N2O. The fourth-order valence-electron chi connectivity index (χ4n) is 2.34. The molecule has 1 aromatic heterocycles. The van der Waals surface area contributed by atoms with Crippen LogP contribution in [0.2, 0.25) is 0 Å². The van der Waals surface area contributed by atoms with Gasteiger partial charge in [-0.3, -0.25) is 0 Å². The van der Waals surface area contributed by atoms with Crippen LogP contribution in [0.4, 0.5) is 0 Å². The summed E-state index contributed by atoms with van der Waals surface area (Å²) in [6, 6.07) is 13.8. The third-order valence-electron chi connectivity index (χ3n) is 3.34. The minimum Gasteiger partial charge on any atom is -0.508 e. The number of para-hydroxylation sites is 1. The van der Waals surface area contributed by atoms with E-state index in [4.69, 9.17) is 0 Å². The Hall–Kier alpha value is -2.29. The van der Waals surface area contributed by atoms with Crippen molar-refractivity contribution in [2.75, 3.05) is 0 Å². The summed E-state index contributed by atoms with van der Waals surface area (Å²) in [7, 11) is 0. The summed E-state index contributed by atoms with van der Waals surface area (Å²) in [6.07, 6.45) is 1.89. The molecule has 19 heavy (non-hydrogen) atoms. The lowest BCUT2D eigenvalue weighted by atomic mass is 10.0. The zero-order valence-corrected chi connectivity index (χ0v) is 11.0. The molecule has 0 saturated heterocycles. The van der Waals surface area contributed by atoms with Crippen LogP contribution in [0, 0.1) is 0 Å². The van der Waals surface area contributed by atoms with Gasteiger partial charge in [-0.1, -0.05) is 24.3 Å². The van der Waals surface area contributed by atoms with Gasteiger partial charge in [0.05, 0.1) is 17.4 Å². The number of benzene rings is 2. The van der Waals surface area contributed by atoms with Crippen LogP contribution >= 0.6 is 0 Å². The van der Waals surface area contributed by atoms with Crippen LogP contribution in [-0.2, 0) is 0 Å². The molecule has 0 saturated carbocycles. The standard InChI is InChI=1S/C16H16N2O/c1-11(2)18-10-17-16-14(4-3-5-15(16)18)12-6-8-13(19)9-7-12/h3-11,19H,1-2H3. The van der Waals surface area contributed by atoms with Crippen molar-refractivity contribution < 1.29 is 5.11 Å². The SMILES string of the molecule is CC(C)n1cnc2c(-c3ccc(O)cc3)cccc21. The van der Waals surface area contributed by atoms with E-state index >= 15 is 0 Å². The van der Waals surface area contributed by atoms with Gasteiger partial charge in [-0.05, 0) is 37.6 Å². The van der Waals surface area contributed by atoms with E-state index < -0.39 is 0 Å². The fraction of sp³-hybridized carbons (Fsp3) is 0.188.